The Hall–Kier alpha value is -2.64. The number of hydrogen-bond acceptors (Lipinski definition) is 4. The minimum Gasteiger partial charge on any atom is -0.357 e. The predicted octanol–water partition coefficient (Wildman–Crippen LogP) is 7.08. The zero-order valence-corrected chi connectivity index (χ0v) is 27.2. The van der Waals surface area contributed by atoms with Gasteiger partial charge in [-0.15, -0.1) is 0 Å². The van der Waals surface area contributed by atoms with E-state index < -0.39 is 0 Å². The van der Waals surface area contributed by atoms with Crippen molar-refractivity contribution in [1.82, 2.24) is 30.4 Å². The van der Waals surface area contributed by atoms with Crippen LogP contribution in [0.4, 0.5) is 0 Å². The Labute approximate surface area is 264 Å². The molecule has 0 radical (unpaired) electrons. The van der Waals surface area contributed by atoms with Gasteiger partial charge in [-0.1, -0.05) is 36.1 Å². The summed E-state index contributed by atoms with van der Waals surface area (Å²) >= 11 is 0. The van der Waals surface area contributed by atoms with Crippen LogP contribution in [0.3, 0.4) is 0 Å². The topological polar surface area (TPSA) is 62.1 Å². The average molecular weight is 595 g/mol. The largest absolute Gasteiger partial charge is 0.357 e. The first-order valence-electron chi connectivity index (χ1n) is 17.8. The monoisotopic (exact) mass is 594 g/mol. The van der Waals surface area contributed by atoms with E-state index in [1.807, 2.05) is 0 Å². The predicted molar refractivity (Wildman–Crippen MR) is 185 cm³/mol. The standard InChI is InChI=1S/2C19H27N3/c2*1-14-5-6-17-16(13-14)15-7-9-20-18(19(15)21-17)8-12-22-10-3-2-4-11-22/h2*5-6,13,18,20-21H,2-4,7-12H2,1H3/t2*18-/m10/s1. The SMILES string of the molecule is Cc1ccc2[nH]c3c(c2c1)CCN[C@@H]3CCN1CCCCC1.Cc1ccc2[nH]c3c(c2c1)CCN[C@H]3CCN1CCCCC1. The summed E-state index contributed by atoms with van der Waals surface area (Å²) in [7, 11) is 0. The lowest BCUT2D eigenvalue weighted by Gasteiger charge is -2.30. The summed E-state index contributed by atoms with van der Waals surface area (Å²) in [4.78, 5) is 12.7. The van der Waals surface area contributed by atoms with Gasteiger partial charge in [-0.25, -0.2) is 0 Å². The van der Waals surface area contributed by atoms with Gasteiger partial charge in [-0.05, 0) is 153 Å². The number of likely N-dealkylation sites (tertiary alicyclic amines) is 2. The molecular weight excluding hydrogens is 540 g/mol. The Morgan fingerprint density at radius 3 is 1.45 bits per heavy atom. The molecule has 6 heterocycles. The Balaban J connectivity index is 0.000000142. The van der Waals surface area contributed by atoms with Gasteiger partial charge in [0.2, 0.25) is 0 Å². The molecule has 8 rings (SSSR count). The summed E-state index contributed by atoms with van der Waals surface area (Å²) in [6, 6.07) is 14.6. The van der Waals surface area contributed by atoms with Gasteiger partial charge in [0.1, 0.15) is 0 Å². The van der Waals surface area contributed by atoms with E-state index >= 15 is 0 Å². The van der Waals surface area contributed by atoms with E-state index in [2.05, 4.69) is 80.6 Å². The number of hydrogen-bond donors (Lipinski definition) is 4. The van der Waals surface area contributed by atoms with Crippen LogP contribution in [0.2, 0.25) is 0 Å². The molecule has 2 aromatic heterocycles. The molecule has 236 valence electrons. The molecule has 0 unspecified atom stereocenters. The molecule has 6 heteroatoms. The van der Waals surface area contributed by atoms with Crippen LogP contribution in [0.15, 0.2) is 36.4 Å². The third-order valence-electron chi connectivity index (χ3n) is 10.8. The smallest absolute Gasteiger partial charge is 0.0488 e. The normalized spacial score (nSPS) is 22.9. The zero-order chi connectivity index (χ0) is 29.9. The molecule has 2 atom stereocenters. The number of rotatable bonds is 6. The third kappa shape index (κ3) is 6.64. The van der Waals surface area contributed by atoms with Gasteiger partial charge in [-0.3, -0.25) is 0 Å². The van der Waals surface area contributed by atoms with E-state index in [4.69, 9.17) is 0 Å². The lowest BCUT2D eigenvalue weighted by molar-refractivity contribution is 0.215. The van der Waals surface area contributed by atoms with Crippen molar-refractivity contribution in [1.29, 1.82) is 0 Å². The first-order valence-corrected chi connectivity index (χ1v) is 17.8. The van der Waals surface area contributed by atoms with E-state index in [0.29, 0.717) is 12.1 Å². The van der Waals surface area contributed by atoms with Gasteiger partial charge in [0.15, 0.2) is 0 Å². The molecule has 4 aliphatic heterocycles. The first-order chi connectivity index (χ1) is 21.6. The molecule has 0 spiro atoms. The van der Waals surface area contributed by atoms with Crippen molar-refractivity contribution in [2.45, 2.75) is 90.1 Å². The summed E-state index contributed by atoms with van der Waals surface area (Å²) in [5.74, 6) is 0. The number of nitrogens with one attached hydrogen (secondary N) is 4. The summed E-state index contributed by atoms with van der Waals surface area (Å²) in [6.07, 6.45) is 13.1. The Bertz CT molecular complexity index is 1420. The summed E-state index contributed by atoms with van der Waals surface area (Å²) in [5, 5.41) is 10.4. The van der Waals surface area contributed by atoms with Gasteiger partial charge in [0.05, 0.1) is 0 Å². The number of piperidine rings is 2. The molecule has 4 aromatic rings. The van der Waals surface area contributed by atoms with E-state index in [-0.39, 0.29) is 0 Å². The van der Waals surface area contributed by atoms with Crippen LogP contribution in [0.1, 0.15) is 97.1 Å². The van der Waals surface area contributed by atoms with Crippen LogP contribution < -0.4 is 10.6 Å². The Kier molecular flexibility index (Phi) is 9.41. The van der Waals surface area contributed by atoms with Crippen molar-refractivity contribution in [3.05, 3.63) is 70.0 Å². The highest BCUT2D eigenvalue weighted by molar-refractivity contribution is 5.86. The van der Waals surface area contributed by atoms with Crippen molar-refractivity contribution < 1.29 is 0 Å². The second kappa shape index (κ2) is 13.8. The summed E-state index contributed by atoms with van der Waals surface area (Å²) in [5.41, 5.74) is 11.3. The first kappa shape index (κ1) is 30.0. The van der Waals surface area contributed by atoms with Crippen molar-refractivity contribution >= 4 is 21.8 Å². The number of H-pyrrole nitrogens is 2. The zero-order valence-electron chi connectivity index (χ0n) is 27.2. The Morgan fingerprint density at radius 1 is 0.591 bits per heavy atom. The van der Waals surface area contributed by atoms with Crippen molar-refractivity contribution in [2.75, 3.05) is 52.4 Å². The summed E-state index contributed by atoms with van der Waals surface area (Å²) in [6.45, 7) is 14.2. The second-order valence-electron chi connectivity index (χ2n) is 14.0. The number of aryl methyl sites for hydroxylation is 2. The molecule has 4 aliphatic rings. The quantitative estimate of drug-likeness (QED) is 0.193. The fourth-order valence-electron chi connectivity index (χ4n) is 8.33. The van der Waals surface area contributed by atoms with Gasteiger partial charge in [-0.2, -0.15) is 0 Å². The minimum absolute atomic E-state index is 0.499. The van der Waals surface area contributed by atoms with Crippen LogP contribution in [-0.4, -0.2) is 72.1 Å². The molecule has 0 amide bonds. The molecule has 4 N–H and O–H groups in total. The maximum Gasteiger partial charge on any atom is 0.0488 e. The number of fused-ring (bicyclic) bond motifs is 6. The van der Waals surface area contributed by atoms with E-state index in [9.17, 15) is 0 Å². The van der Waals surface area contributed by atoms with Crippen molar-refractivity contribution in [3.8, 4) is 0 Å². The minimum atomic E-state index is 0.499. The molecule has 2 saturated heterocycles. The van der Waals surface area contributed by atoms with Crippen LogP contribution in [0.5, 0.6) is 0 Å². The maximum atomic E-state index is 3.73. The van der Waals surface area contributed by atoms with E-state index in [0.717, 1.165) is 25.9 Å². The Morgan fingerprint density at radius 2 is 1.02 bits per heavy atom. The van der Waals surface area contributed by atoms with Gasteiger partial charge < -0.3 is 30.4 Å². The van der Waals surface area contributed by atoms with Crippen molar-refractivity contribution in [2.24, 2.45) is 0 Å². The third-order valence-corrected chi connectivity index (χ3v) is 10.8. The van der Waals surface area contributed by atoms with Crippen LogP contribution >= 0.6 is 0 Å². The number of benzene rings is 2. The van der Waals surface area contributed by atoms with Crippen LogP contribution in [0, 0.1) is 13.8 Å². The van der Waals surface area contributed by atoms with E-state index in [1.54, 1.807) is 11.1 Å². The lowest BCUT2D eigenvalue weighted by Crippen LogP contribution is -2.35. The molecule has 0 bridgehead atoms. The molecule has 6 nitrogen and oxygen atoms in total. The van der Waals surface area contributed by atoms with Gasteiger partial charge in [0, 0.05) is 45.3 Å². The van der Waals surface area contributed by atoms with Crippen LogP contribution in [0.25, 0.3) is 21.8 Å². The molecule has 0 aliphatic carbocycles. The molecular formula is C38H54N6. The highest BCUT2D eigenvalue weighted by atomic mass is 15.1. The summed E-state index contributed by atoms with van der Waals surface area (Å²) < 4.78 is 0. The molecule has 2 fully saturated rings. The van der Waals surface area contributed by atoms with Gasteiger partial charge in [0.25, 0.3) is 0 Å². The number of nitrogens with zero attached hydrogens (tertiary/aromatic N) is 2. The molecule has 0 saturated carbocycles. The van der Waals surface area contributed by atoms with Crippen LogP contribution in [-0.2, 0) is 12.8 Å². The molecule has 2 aromatic carbocycles. The van der Waals surface area contributed by atoms with Crippen molar-refractivity contribution in [3.63, 3.8) is 0 Å². The number of aromatic nitrogens is 2. The second-order valence-corrected chi connectivity index (χ2v) is 14.0. The number of aromatic amines is 2. The van der Waals surface area contributed by atoms with Gasteiger partial charge >= 0.3 is 0 Å². The molecule has 44 heavy (non-hydrogen) atoms. The highest BCUT2D eigenvalue weighted by Gasteiger charge is 2.26. The fourth-order valence-corrected chi connectivity index (χ4v) is 8.33. The van der Waals surface area contributed by atoms with E-state index in [1.165, 1.54) is 135 Å². The average Bonchev–Trinajstić information content (AvgIpc) is 3.62. The maximum absolute atomic E-state index is 3.73. The fraction of sp³-hybridized carbons (Fsp3) is 0.579. The highest BCUT2D eigenvalue weighted by Crippen LogP contribution is 2.33. The lowest BCUT2D eigenvalue weighted by atomic mass is 9.96.